The number of hydrogen-bond acceptors (Lipinski definition) is 4. The second-order valence-electron chi connectivity index (χ2n) is 8.04. The van der Waals surface area contributed by atoms with Crippen molar-refractivity contribution >= 4 is 34.0 Å². The first kappa shape index (κ1) is 18.9. The van der Waals surface area contributed by atoms with Gasteiger partial charge in [-0.1, -0.05) is 41.9 Å². The van der Waals surface area contributed by atoms with Crippen LogP contribution in [0.1, 0.15) is 16.7 Å². The van der Waals surface area contributed by atoms with E-state index in [0.717, 1.165) is 15.3 Å². The molecule has 1 unspecified atom stereocenters. The van der Waals surface area contributed by atoms with Gasteiger partial charge in [-0.25, -0.2) is 4.79 Å². The van der Waals surface area contributed by atoms with Crippen LogP contribution in [0.5, 0.6) is 11.6 Å². The number of halogens is 1. The minimum Gasteiger partial charge on any atom is -0.440 e. The molecule has 0 radical (unpaired) electrons. The molecule has 2 aliphatic heterocycles. The summed E-state index contributed by atoms with van der Waals surface area (Å²) in [5.41, 5.74) is -0.927. The molecule has 8 heteroatoms. The maximum atomic E-state index is 13.9. The molecule has 2 aliphatic rings. The Morgan fingerprint density at radius 2 is 1.72 bits per heavy atom. The van der Waals surface area contributed by atoms with Crippen molar-refractivity contribution in [3.8, 4) is 11.6 Å². The smallest absolute Gasteiger partial charge is 0.333 e. The molecule has 158 valence electrons. The summed E-state index contributed by atoms with van der Waals surface area (Å²) in [6, 6.07) is 16.4. The summed E-state index contributed by atoms with van der Waals surface area (Å²) in [4.78, 5) is 40.2. The highest BCUT2D eigenvalue weighted by atomic mass is 35.5. The van der Waals surface area contributed by atoms with E-state index in [9.17, 15) is 14.4 Å². The Labute approximate surface area is 186 Å². The Kier molecular flexibility index (Phi) is 3.61. The van der Waals surface area contributed by atoms with E-state index in [4.69, 9.17) is 16.3 Å². The monoisotopic (exact) mass is 445 g/mol. The zero-order valence-electron chi connectivity index (χ0n) is 17.1. The van der Waals surface area contributed by atoms with Crippen molar-refractivity contribution in [2.45, 2.75) is 5.41 Å². The molecule has 3 aromatic carbocycles. The zero-order chi connectivity index (χ0) is 22.4. The number of hydrogen-bond donors (Lipinski definition) is 1. The summed E-state index contributed by atoms with van der Waals surface area (Å²) in [6.07, 6.45) is 0. The fourth-order valence-corrected chi connectivity index (χ4v) is 5.16. The van der Waals surface area contributed by atoms with Gasteiger partial charge in [0.05, 0.1) is 0 Å². The standard InChI is InChI=1S/C24H16ClN3O4/c1-27-20(29)19-21(28(2)23(27)31)32-17-10-7-12-5-3-4-6-14(12)18(17)24(19)15-11-13(25)8-9-16(15)26-22(24)30/h3-11H,1-2H3,(H,26,30). The van der Waals surface area contributed by atoms with Crippen molar-refractivity contribution in [1.82, 2.24) is 9.13 Å². The van der Waals surface area contributed by atoms with Gasteiger partial charge in [-0.2, -0.15) is 0 Å². The average molecular weight is 446 g/mol. The van der Waals surface area contributed by atoms with E-state index in [-0.39, 0.29) is 11.4 Å². The van der Waals surface area contributed by atoms with Gasteiger partial charge in [-0.15, -0.1) is 0 Å². The fraction of sp³-hybridized carbons (Fsp3) is 0.125. The number of carbonyl (C=O) groups excluding carboxylic acids is 1. The third kappa shape index (κ3) is 2.08. The molecule has 4 aromatic rings. The van der Waals surface area contributed by atoms with Crippen molar-refractivity contribution in [1.29, 1.82) is 0 Å². The molecule has 0 aliphatic carbocycles. The van der Waals surface area contributed by atoms with Crippen LogP contribution in [0, 0.1) is 0 Å². The Morgan fingerprint density at radius 3 is 2.53 bits per heavy atom. The van der Waals surface area contributed by atoms with Gasteiger partial charge in [-0.3, -0.25) is 18.7 Å². The average Bonchev–Trinajstić information content (AvgIpc) is 3.07. The molecule has 0 bridgehead atoms. The summed E-state index contributed by atoms with van der Waals surface area (Å²) in [6.45, 7) is 0. The lowest BCUT2D eigenvalue weighted by atomic mass is 9.68. The lowest BCUT2D eigenvalue weighted by Gasteiger charge is -2.36. The van der Waals surface area contributed by atoms with Gasteiger partial charge >= 0.3 is 5.69 Å². The molecule has 1 atom stereocenters. The van der Waals surface area contributed by atoms with E-state index in [1.165, 1.54) is 18.7 Å². The maximum Gasteiger partial charge on any atom is 0.333 e. The molecule has 1 aromatic heterocycles. The van der Waals surface area contributed by atoms with Crippen LogP contribution in [0.15, 0.2) is 64.2 Å². The largest absolute Gasteiger partial charge is 0.440 e. The van der Waals surface area contributed by atoms with Gasteiger partial charge in [0.15, 0.2) is 0 Å². The molecule has 0 saturated carbocycles. The number of rotatable bonds is 0. The van der Waals surface area contributed by atoms with E-state index in [1.807, 2.05) is 30.3 Å². The number of anilines is 1. The van der Waals surface area contributed by atoms with E-state index in [0.29, 0.717) is 27.6 Å². The normalized spacial score (nSPS) is 18.2. The first-order chi connectivity index (χ1) is 15.4. The van der Waals surface area contributed by atoms with Crippen LogP contribution in [0.3, 0.4) is 0 Å². The summed E-state index contributed by atoms with van der Waals surface area (Å²) in [7, 11) is 2.91. The van der Waals surface area contributed by atoms with Crippen LogP contribution < -0.4 is 21.3 Å². The van der Waals surface area contributed by atoms with Gasteiger partial charge in [0.25, 0.3) is 5.56 Å². The number of nitrogens with one attached hydrogen (secondary N) is 1. The Hall–Kier alpha value is -3.84. The first-order valence-corrected chi connectivity index (χ1v) is 10.4. The number of ether oxygens (including phenoxy) is 1. The van der Waals surface area contributed by atoms with Crippen LogP contribution in [0.25, 0.3) is 10.8 Å². The summed E-state index contributed by atoms with van der Waals surface area (Å²) in [5, 5.41) is 5.01. The molecule has 1 amide bonds. The molecule has 6 rings (SSSR count). The van der Waals surface area contributed by atoms with Crippen LogP contribution in [0.4, 0.5) is 5.69 Å². The second-order valence-corrected chi connectivity index (χ2v) is 8.48. The van der Waals surface area contributed by atoms with Crippen LogP contribution in [-0.2, 0) is 24.3 Å². The highest BCUT2D eigenvalue weighted by Gasteiger charge is 2.58. The molecule has 1 spiro atoms. The third-order valence-electron chi connectivity index (χ3n) is 6.43. The predicted octanol–water partition coefficient (Wildman–Crippen LogP) is 3.28. The lowest BCUT2D eigenvalue weighted by molar-refractivity contribution is -0.118. The number of benzene rings is 3. The number of carbonyl (C=O) groups is 1. The molecule has 1 N–H and O–H groups in total. The molecular formula is C24H16ClN3O4. The highest BCUT2D eigenvalue weighted by molar-refractivity contribution is 6.31. The van der Waals surface area contributed by atoms with Crippen molar-refractivity contribution in [2.75, 3.05) is 5.32 Å². The Morgan fingerprint density at radius 1 is 0.938 bits per heavy atom. The molecule has 0 saturated heterocycles. The topological polar surface area (TPSA) is 82.3 Å². The second kappa shape index (κ2) is 6.11. The van der Waals surface area contributed by atoms with Crippen molar-refractivity contribution < 1.29 is 9.53 Å². The van der Waals surface area contributed by atoms with E-state index in [2.05, 4.69) is 5.32 Å². The number of aromatic nitrogens is 2. The summed E-state index contributed by atoms with van der Waals surface area (Å²) >= 11 is 6.36. The molecule has 32 heavy (non-hydrogen) atoms. The minimum absolute atomic E-state index is 0.0452. The van der Waals surface area contributed by atoms with Crippen LogP contribution in [0.2, 0.25) is 5.02 Å². The molecular weight excluding hydrogens is 430 g/mol. The number of amides is 1. The third-order valence-corrected chi connectivity index (χ3v) is 6.67. The summed E-state index contributed by atoms with van der Waals surface area (Å²) < 4.78 is 8.40. The van der Waals surface area contributed by atoms with Gasteiger partial charge in [-0.05, 0) is 35.0 Å². The number of fused-ring (bicyclic) bond motifs is 8. The Bertz CT molecular complexity index is 1640. The highest BCUT2D eigenvalue weighted by Crippen LogP contribution is 2.57. The van der Waals surface area contributed by atoms with Gasteiger partial charge in [0.2, 0.25) is 11.8 Å². The first-order valence-electron chi connectivity index (χ1n) is 9.97. The minimum atomic E-state index is -1.54. The Balaban J connectivity index is 1.92. The van der Waals surface area contributed by atoms with E-state index >= 15 is 0 Å². The van der Waals surface area contributed by atoms with Gasteiger partial charge in [0, 0.05) is 35.9 Å². The van der Waals surface area contributed by atoms with Crippen LogP contribution in [-0.4, -0.2) is 15.0 Å². The van der Waals surface area contributed by atoms with Gasteiger partial charge < -0.3 is 10.1 Å². The predicted molar refractivity (Wildman–Crippen MR) is 121 cm³/mol. The maximum absolute atomic E-state index is 13.9. The van der Waals surface area contributed by atoms with Crippen molar-refractivity contribution in [3.05, 3.63) is 97.1 Å². The zero-order valence-corrected chi connectivity index (χ0v) is 17.9. The van der Waals surface area contributed by atoms with Gasteiger partial charge in [0.1, 0.15) is 16.7 Å². The summed E-state index contributed by atoms with van der Waals surface area (Å²) in [5.74, 6) is 0.0546. The van der Waals surface area contributed by atoms with Crippen molar-refractivity contribution in [2.24, 2.45) is 14.1 Å². The molecule has 3 heterocycles. The molecule has 0 fully saturated rings. The van der Waals surface area contributed by atoms with Crippen LogP contribution >= 0.6 is 11.6 Å². The van der Waals surface area contributed by atoms with Crippen molar-refractivity contribution in [3.63, 3.8) is 0 Å². The quantitative estimate of drug-likeness (QED) is 0.450. The SMILES string of the molecule is Cn1c2c(c(=O)n(C)c1=O)C1(C(=O)Nc3ccc(Cl)cc31)c1c(ccc3ccccc13)O2. The molecule has 7 nitrogen and oxygen atoms in total. The fourth-order valence-electron chi connectivity index (χ4n) is 4.99. The van der Waals surface area contributed by atoms with E-state index < -0.39 is 22.6 Å². The lowest BCUT2D eigenvalue weighted by Crippen LogP contribution is -2.50. The number of nitrogens with zero attached hydrogens (tertiary/aromatic N) is 2. The van der Waals surface area contributed by atoms with E-state index in [1.54, 1.807) is 24.3 Å².